The highest BCUT2D eigenvalue weighted by Gasteiger charge is 2.27. The Morgan fingerprint density at radius 2 is 1.93 bits per heavy atom. The van der Waals surface area contributed by atoms with Crippen LogP contribution in [0.15, 0.2) is 0 Å². The van der Waals surface area contributed by atoms with Crippen LogP contribution in [-0.2, 0) is 4.74 Å². The molecule has 0 fully saturated rings. The summed E-state index contributed by atoms with van der Waals surface area (Å²) in [4.78, 5) is 1.89. The van der Waals surface area contributed by atoms with Gasteiger partial charge in [-0.3, -0.25) is 0 Å². The van der Waals surface area contributed by atoms with E-state index in [2.05, 4.69) is 4.74 Å². The molecule has 14 heavy (non-hydrogen) atoms. The second kappa shape index (κ2) is 7.03. The van der Waals surface area contributed by atoms with Gasteiger partial charge in [-0.05, 0) is 26.6 Å². The summed E-state index contributed by atoms with van der Waals surface area (Å²) in [6.07, 6.45) is -3.38. The van der Waals surface area contributed by atoms with E-state index in [4.69, 9.17) is 5.73 Å². The van der Waals surface area contributed by atoms with Crippen LogP contribution in [0.2, 0.25) is 0 Å². The number of likely N-dealkylation sites (N-methyl/N-ethyl adjacent to an activating group) is 1. The summed E-state index contributed by atoms with van der Waals surface area (Å²) >= 11 is 0. The monoisotopic (exact) mass is 214 g/mol. The molecule has 0 heterocycles. The standard InChI is InChI=1S/C8H17F3N2O/c1-13(4-2-3-12)5-6-14-7-8(9,10)11/h2-7,12H2,1H3. The Balaban J connectivity index is 3.27. The zero-order valence-corrected chi connectivity index (χ0v) is 8.31. The molecule has 0 saturated heterocycles. The molecular formula is C8H17F3N2O. The van der Waals surface area contributed by atoms with Gasteiger partial charge < -0.3 is 15.4 Å². The number of hydrogen-bond acceptors (Lipinski definition) is 3. The number of nitrogens with two attached hydrogens (primary N) is 1. The Labute approximate surface area is 82.0 Å². The lowest BCUT2D eigenvalue weighted by molar-refractivity contribution is -0.174. The lowest BCUT2D eigenvalue weighted by Crippen LogP contribution is -2.27. The molecule has 0 aromatic rings. The number of ether oxygens (including phenoxy) is 1. The minimum absolute atomic E-state index is 0.0978. The van der Waals surface area contributed by atoms with Crippen molar-refractivity contribution in [3.63, 3.8) is 0 Å². The lowest BCUT2D eigenvalue weighted by Gasteiger charge is -2.16. The SMILES string of the molecule is CN(CCCN)CCOCC(F)(F)F. The van der Waals surface area contributed by atoms with Gasteiger partial charge in [-0.2, -0.15) is 13.2 Å². The van der Waals surface area contributed by atoms with Crippen molar-refractivity contribution in [1.82, 2.24) is 4.90 Å². The van der Waals surface area contributed by atoms with Crippen LogP contribution in [0, 0.1) is 0 Å². The van der Waals surface area contributed by atoms with Crippen molar-refractivity contribution in [3.8, 4) is 0 Å². The first-order chi connectivity index (χ1) is 6.45. The molecule has 3 nitrogen and oxygen atoms in total. The van der Waals surface area contributed by atoms with Crippen LogP contribution in [0.5, 0.6) is 0 Å². The molecule has 0 radical (unpaired) electrons. The third-order valence-electron chi connectivity index (χ3n) is 1.63. The molecule has 0 aromatic heterocycles. The molecule has 0 atom stereocenters. The maximum Gasteiger partial charge on any atom is 0.411 e. The lowest BCUT2D eigenvalue weighted by atomic mass is 10.4. The second-order valence-electron chi connectivity index (χ2n) is 3.11. The van der Waals surface area contributed by atoms with Crippen molar-refractivity contribution < 1.29 is 17.9 Å². The Morgan fingerprint density at radius 1 is 1.29 bits per heavy atom. The molecular weight excluding hydrogens is 197 g/mol. The highest BCUT2D eigenvalue weighted by molar-refractivity contribution is 4.52. The van der Waals surface area contributed by atoms with Crippen LogP contribution in [0.25, 0.3) is 0 Å². The predicted octanol–water partition coefficient (Wildman–Crippen LogP) is 0.846. The quantitative estimate of drug-likeness (QED) is 0.638. The summed E-state index contributed by atoms with van der Waals surface area (Å²) < 4.78 is 39.3. The highest BCUT2D eigenvalue weighted by Crippen LogP contribution is 2.14. The molecule has 0 bridgehead atoms. The van der Waals surface area contributed by atoms with Gasteiger partial charge in [0.15, 0.2) is 0 Å². The average molecular weight is 214 g/mol. The average Bonchev–Trinajstić information content (AvgIpc) is 2.07. The van der Waals surface area contributed by atoms with Crippen LogP contribution in [0.3, 0.4) is 0 Å². The molecule has 0 amide bonds. The van der Waals surface area contributed by atoms with Gasteiger partial charge in [0.05, 0.1) is 6.61 Å². The number of nitrogens with zero attached hydrogens (tertiary/aromatic N) is 1. The van der Waals surface area contributed by atoms with Gasteiger partial charge >= 0.3 is 6.18 Å². The molecule has 0 saturated carbocycles. The summed E-state index contributed by atoms with van der Waals surface area (Å²) in [5.41, 5.74) is 5.28. The van der Waals surface area contributed by atoms with Crippen LogP contribution < -0.4 is 5.73 Å². The normalized spacial score (nSPS) is 12.4. The van der Waals surface area contributed by atoms with E-state index < -0.39 is 12.8 Å². The minimum atomic E-state index is -4.23. The summed E-state index contributed by atoms with van der Waals surface area (Å²) in [5, 5.41) is 0. The van der Waals surface area contributed by atoms with E-state index >= 15 is 0 Å². The maximum absolute atomic E-state index is 11.6. The number of hydrogen-bond donors (Lipinski definition) is 1. The van der Waals surface area contributed by atoms with Gasteiger partial charge in [-0.15, -0.1) is 0 Å². The number of alkyl halides is 3. The molecule has 6 heteroatoms. The molecule has 0 aromatic carbocycles. The van der Waals surface area contributed by atoms with Gasteiger partial charge in [0.2, 0.25) is 0 Å². The predicted molar refractivity (Wildman–Crippen MR) is 48.0 cm³/mol. The van der Waals surface area contributed by atoms with E-state index in [0.717, 1.165) is 13.0 Å². The summed E-state index contributed by atoms with van der Waals surface area (Å²) in [6.45, 7) is 0.800. The fraction of sp³-hybridized carbons (Fsp3) is 1.00. The highest BCUT2D eigenvalue weighted by atomic mass is 19.4. The Morgan fingerprint density at radius 3 is 2.43 bits per heavy atom. The molecule has 86 valence electrons. The molecule has 0 aliphatic heterocycles. The minimum Gasteiger partial charge on any atom is -0.371 e. The smallest absolute Gasteiger partial charge is 0.371 e. The number of rotatable bonds is 7. The number of halogens is 3. The Hall–Kier alpha value is -0.330. The third-order valence-corrected chi connectivity index (χ3v) is 1.63. The van der Waals surface area contributed by atoms with Crippen molar-refractivity contribution in [1.29, 1.82) is 0 Å². The molecule has 0 aliphatic carbocycles. The summed E-state index contributed by atoms with van der Waals surface area (Å²) in [7, 11) is 1.83. The van der Waals surface area contributed by atoms with Gasteiger partial charge in [-0.25, -0.2) is 0 Å². The van der Waals surface area contributed by atoms with Gasteiger partial charge in [0.1, 0.15) is 6.61 Å². The largest absolute Gasteiger partial charge is 0.411 e. The summed E-state index contributed by atoms with van der Waals surface area (Å²) in [6, 6.07) is 0. The molecule has 2 N–H and O–H groups in total. The zero-order chi connectivity index (χ0) is 11.0. The molecule has 0 unspecified atom stereocenters. The van der Waals surface area contributed by atoms with Crippen molar-refractivity contribution in [2.45, 2.75) is 12.6 Å². The van der Waals surface area contributed by atoms with E-state index in [0.29, 0.717) is 13.1 Å². The summed E-state index contributed by atoms with van der Waals surface area (Å²) in [5.74, 6) is 0. The van der Waals surface area contributed by atoms with Crippen LogP contribution in [0.4, 0.5) is 13.2 Å². The fourth-order valence-corrected chi connectivity index (χ4v) is 0.881. The maximum atomic E-state index is 11.6. The van der Waals surface area contributed by atoms with Crippen LogP contribution in [-0.4, -0.2) is 51.0 Å². The van der Waals surface area contributed by atoms with Crippen molar-refractivity contribution in [2.75, 3.05) is 39.9 Å². The van der Waals surface area contributed by atoms with Crippen molar-refractivity contribution >= 4 is 0 Å². The zero-order valence-electron chi connectivity index (χ0n) is 8.31. The van der Waals surface area contributed by atoms with E-state index in [1.54, 1.807) is 0 Å². The first kappa shape index (κ1) is 13.7. The molecule has 0 aliphatic rings. The Kier molecular flexibility index (Phi) is 6.86. The van der Waals surface area contributed by atoms with Gasteiger partial charge in [0.25, 0.3) is 0 Å². The van der Waals surface area contributed by atoms with E-state index in [-0.39, 0.29) is 6.61 Å². The van der Waals surface area contributed by atoms with E-state index in [1.807, 2.05) is 11.9 Å². The first-order valence-electron chi connectivity index (χ1n) is 4.49. The Bertz CT molecular complexity index is 141. The molecule has 0 spiro atoms. The van der Waals surface area contributed by atoms with Crippen molar-refractivity contribution in [3.05, 3.63) is 0 Å². The van der Waals surface area contributed by atoms with Crippen LogP contribution >= 0.6 is 0 Å². The van der Waals surface area contributed by atoms with Gasteiger partial charge in [0, 0.05) is 6.54 Å². The molecule has 0 rings (SSSR count). The van der Waals surface area contributed by atoms with E-state index in [1.165, 1.54) is 0 Å². The van der Waals surface area contributed by atoms with Gasteiger partial charge in [-0.1, -0.05) is 0 Å². The van der Waals surface area contributed by atoms with Crippen LogP contribution in [0.1, 0.15) is 6.42 Å². The third kappa shape index (κ3) is 9.76. The second-order valence-corrected chi connectivity index (χ2v) is 3.11. The first-order valence-corrected chi connectivity index (χ1v) is 4.49. The topological polar surface area (TPSA) is 38.5 Å². The van der Waals surface area contributed by atoms with E-state index in [9.17, 15) is 13.2 Å². The van der Waals surface area contributed by atoms with Crippen molar-refractivity contribution in [2.24, 2.45) is 5.73 Å². The fourth-order valence-electron chi connectivity index (χ4n) is 0.881.